The number of hydrogen-bond acceptors (Lipinski definition) is 4. The SMILES string of the molecule is CN(C)CCCN(C)C(=O)c1ccncc1C#CCCO. The van der Waals surface area contributed by atoms with Crippen molar-refractivity contribution in [3.63, 3.8) is 0 Å². The van der Waals surface area contributed by atoms with Crippen LogP contribution in [0.3, 0.4) is 0 Å². The fourth-order valence-electron chi connectivity index (χ4n) is 1.83. The van der Waals surface area contributed by atoms with Gasteiger partial charge in [-0.3, -0.25) is 9.78 Å². The molecule has 0 spiro atoms. The monoisotopic (exact) mass is 289 g/mol. The minimum Gasteiger partial charge on any atom is -0.395 e. The van der Waals surface area contributed by atoms with Gasteiger partial charge in [0.15, 0.2) is 0 Å². The Kier molecular flexibility index (Phi) is 7.44. The van der Waals surface area contributed by atoms with E-state index in [1.54, 1.807) is 30.4 Å². The molecule has 0 aliphatic carbocycles. The van der Waals surface area contributed by atoms with Crippen molar-refractivity contribution in [2.45, 2.75) is 12.8 Å². The van der Waals surface area contributed by atoms with Crippen molar-refractivity contribution in [1.82, 2.24) is 14.8 Å². The van der Waals surface area contributed by atoms with Crippen LogP contribution in [0.2, 0.25) is 0 Å². The molecular formula is C16H23N3O2. The van der Waals surface area contributed by atoms with Crippen LogP contribution in [0, 0.1) is 11.8 Å². The molecule has 0 atom stereocenters. The van der Waals surface area contributed by atoms with E-state index in [0.717, 1.165) is 13.0 Å². The van der Waals surface area contributed by atoms with Gasteiger partial charge in [-0.1, -0.05) is 11.8 Å². The van der Waals surface area contributed by atoms with E-state index in [-0.39, 0.29) is 12.5 Å². The van der Waals surface area contributed by atoms with E-state index < -0.39 is 0 Å². The molecule has 1 heterocycles. The standard InChI is InChI=1S/C16H23N3O2/c1-18(2)10-6-11-19(3)16(21)15-8-9-17-13-14(15)7-4-5-12-20/h8-9,13,20H,5-6,10-12H2,1-3H3. The molecule has 1 amide bonds. The number of amides is 1. The maximum absolute atomic E-state index is 12.4. The Balaban J connectivity index is 2.75. The number of carbonyl (C=O) groups excluding carboxylic acids is 1. The second kappa shape index (κ2) is 9.11. The van der Waals surface area contributed by atoms with E-state index >= 15 is 0 Å². The lowest BCUT2D eigenvalue weighted by Gasteiger charge is -2.19. The molecule has 0 saturated heterocycles. The van der Waals surface area contributed by atoms with E-state index in [0.29, 0.717) is 24.1 Å². The van der Waals surface area contributed by atoms with Crippen molar-refractivity contribution in [3.05, 3.63) is 29.6 Å². The van der Waals surface area contributed by atoms with E-state index in [1.165, 1.54) is 0 Å². The average Bonchev–Trinajstić information content (AvgIpc) is 2.47. The van der Waals surface area contributed by atoms with Gasteiger partial charge in [0.05, 0.1) is 17.7 Å². The van der Waals surface area contributed by atoms with Crippen molar-refractivity contribution in [2.75, 3.05) is 40.8 Å². The zero-order valence-corrected chi connectivity index (χ0v) is 13.0. The fraction of sp³-hybridized carbons (Fsp3) is 0.500. The maximum Gasteiger partial charge on any atom is 0.254 e. The van der Waals surface area contributed by atoms with Crippen molar-refractivity contribution >= 4 is 5.91 Å². The number of aliphatic hydroxyl groups excluding tert-OH is 1. The lowest BCUT2D eigenvalue weighted by atomic mass is 10.1. The number of nitrogens with zero attached hydrogens (tertiary/aromatic N) is 3. The second-order valence-corrected chi connectivity index (χ2v) is 5.08. The Morgan fingerprint density at radius 3 is 2.76 bits per heavy atom. The average molecular weight is 289 g/mol. The molecule has 1 aromatic heterocycles. The van der Waals surface area contributed by atoms with Crippen molar-refractivity contribution in [3.8, 4) is 11.8 Å². The first kappa shape index (κ1) is 17.2. The first-order valence-corrected chi connectivity index (χ1v) is 7.00. The number of carbonyl (C=O) groups is 1. The molecule has 0 radical (unpaired) electrons. The van der Waals surface area contributed by atoms with Crippen LogP contribution in [-0.4, -0.2) is 66.6 Å². The summed E-state index contributed by atoms with van der Waals surface area (Å²) < 4.78 is 0. The second-order valence-electron chi connectivity index (χ2n) is 5.08. The third kappa shape index (κ3) is 5.94. The van der Waals surface area contributed by atoms with Gasteiger partial charge in [0, 0.05) is 32.4 Å². The third-order valence-electron chi connectivity index (χ3n) is 2.96. The molecule has 1 aromatic rings. The van der Waals surface area contributed by atoms with Crippen LogP contribution in [0.4, 0.5) is 0 Å². The Morgan fingerprint density at radius 2 is 2.10 bits per heavy atom. The molecule has 114 valence electrons. The summed E-state index contributed by atoms with van der Waals surface area (Å²) in [7, 11) is 5.82. The normalized spacial score (nSPS) is 10.1. The van der Waals surface area contributed by atoms with Crippen molar-refractivity contribution < 1.29 is 9.90 Å². The van der Waals surface area contributed by atoms with Gasteiger partial charge in [-0.05, 0) is 33.1 Å². The number of rotatable bonds is 6. The molecule has 0 aliphatic heterocycles. The highest BCUT2D eigenvalue weighted by atomic mass is 16.2. The number of aromatic nitrogens is 1. The first-order chi connectivity index (χ1) is 10.1. The van der Waals surface area contributed by atoms with Crippen LogP contribution in [-0.2, 0) is 0 Å². The zero-order chi connectivity index (χ0) is 15.7. The largest absolute Gasteiger partial charge is 0.395 e. The van der Waals surface area contributed by atoms with Gasteiger partial charge >= 0.3 is 0 Å². The Bertz CT molecular complexity index is 518. The summed E-state index contributed by atoms with van der Waals surface area (Å²) >= 11 is 0. The summed E-state index contributed by atoms with van der Waals surface area (Å²) in [4.78, 5) is 20.2. The molecule has 1 rings (SSSR count). The minimum absolute atomic E-state index is 0.0149. The quantitative estimate of drug-likeness (QED) is 0.789. The van der Waals surface area contributed by atoms with E-state index in [2.05, 4.69) is 21.7 Å². The fourth-order valence-corrected chi connectivity index (χ4v) is 1.83. The highest BCUT2D eigenvalue weighted by Crippen LogP contribution is 2.09. The predicted octanol–water partition coefficient (Wildman–Crippen LogP) is 0.839. The maximum atomic E-state index is 12.4. The summed E-state index contributed by atoms with van der Waals surface area (Å²) in [6, 6.07) is 1.69. The molecule has 21 heavy (non-hydrogen) atoms. The lowest BCUT2D eigenvalue weighted by molar-refractivity contribution is 0.0790. The van der Waals surface area contributed by atoms with Crippen molar-refractivity contribution in [1.29, 1.82) is 0 Å². The van der Waals surface area contributed by atoms with Crippen LogP contribution in [0.5, 0.6) is 0 Å². The van der Waals surface area contributed by atoms with Gasteiger partial charge in [-0.15, -0.1) is 0 Å². The van der Waals surface area contributed by atoms with Crippen LogP contribution in [0.1, 0.15) is 28.8 Å². The highest BCUT2D eigenvalue weighted by molar-refractivity contribution is 5.96. The molecule has 0 aliphatic rings. The van der Waals surface area contributed by atoms with E-state index in [4.69, 9.17) is 5.11 Å². The Morgan fingerprint density at radius 1 is 1.33 bits per heavy atom. The highest BCUT2D eigenvalue weighted by Gasteiger charge is 2.14. The molecule has 5 heteroatoms. The summed E-state index contributed by atoms with van der Waals surface area (Å²) in [6.45, 7) is 1.65. The number of aliphatic hydroxyl groups is 1. The Labute approximate surface area is 126 Å². The molecule has 5 nitrogen and oxygen atoms in total. The molecule has 0 aromatic carbocycles. The van der Waals surface area contributed by atoms with Crippen LogP contribution in [0.15, 0.2) is 18.5 Å². The van der Waals surface area contributed by atoms with Gasteiger partial charge in [0.1, 0.15) is 0 Å². The lowest BCUT2D eigenvalue weighted by Crippen LogP contribution is -2.30. The van der Waals surface area contributed by atoms with Crippen molar-refractivity contribution in [2.24, 2.45) is 0 Å². The molecule has 0 bridgehead atoms. The summed E-state index contributed by atoms with van der Waals surface area (Å²) in [5.74, 6) is 5.67. The van der Waals surface area contributed by atoms with Gasteiger partial charge in [0.25, 0.3) is 5.91 Å². The molecular weight excluding hydrogens is 266 g/mol. The van der Waals surface area contributed by atoms with Gasteiger partial charge in [0.2, 0.25) is 0 Å². The van der Waals surface area contributed by atoms with Crippen LogP contribution in [0.25, 0.3) is 0 Å². The third-order valence-corrected chi connectivity index (χ3v) is 2.96. The molecule has 0 saturated carbocycles. The molecule has 1 N–H and O–H groups in total. The summed E-state index contributed by atoms with van der Waals surface area (Å²) in [6.07, 6.45) is 4.50. The van der Waals surface area contributed by atoms with Gasteiger partial charge < -0.3 is 14.9 Å². The first-order valence-electron chi connectivity index (χ1n) is 7.00. The van der Waals surface area contributed by atoms with Gasteiger partial charge in [-0.25, -0.2) is 0 Å². The number of hydrogen-bond donors (Lipinski definition) is 1. The smallest absolute Gasteiger partial charge is 0.254 e. The minimum atomic E-state index is -0.0514. The van der Waals surface area contributed by atoms with Gasteiger partial charge in [-0.2, -0.15) is 0 Å². The molecule has 0 fully saturated rings. The predicted molar refractivity (Wildman–Crippen MR) is 82.9 cm³/mol. The van der Waals surface area contributed by atoms with E-state index in [9.17, 15) is 4.79 Å². The summed E-state index contributed by atoms with van der Waals surface area (Å²) in [5.41, 5.74) is 1.17. The zero-order valence-electron chi connectivity index (χ0n) is 13.0. The summed E-state index contributed by atoms with van der Waals surface area (Å²) in [5, 5.41) is 8.76. The van der Waals surface area contributed by atoms with Crippen LogP contribution < -0.4 is 0 Å². The van der Waals surface area contributed by atoms with E-state index in [1.807, 2.05) is 14.1 Å². The molecule has 0 unspecified atom stereocenters. The van der Waals surface area contributed by atoms with Crippen LogP contribution >= 0.6 is 0 Å². The Hall–Kier alpha value is -1.90. The number of pyridine rings is 1. The topological polar surface area (TPSA) is 56.7 Å².